The predicted octanol–water partition coefficient (Wildman–Crippen LogP) is 3.20. The van der Waals surface area contributed by atoms with E-state index in [1.807, 2.05) is 18.2 Å². The number of carbonyl (C=O) groups is 1. The molecule has 0 saturated heterocycles. The van der Waals surface area contributed by atoms with Gasteiger partial charge < -0.3 is 19.5 Å². The Morgan fingerprint density at radius 1 is 1.26 bits per heavy atom. The van der Waals surface area contributed by atoms with Crippen LogP contribution >= 0.6 is 11.6 Å². The zero-order valence-corrected chi connectivity index (χ0v) is 14.9. The van der Waals surface area contributed by atoms with E-state index in [2.05, 4.69) is 25.3 Å². The third kappa shape index (κ3) is 3.47. The fourth-order valence-electron chi connectivity index (χ4n) is 2.66. The van der Waals surface area contributed by atoms with Crippen LogP contribution in [0, 0.1) is 0 Å². The molecule has 0 unspecified atom stereocenters. The molecule has 4 rings (SSSR count). The summed E-state index contributed by atoms with van der Waals surface area (Å²) in [5.74, 6) is 0.258. The van der Waals surface area contributed by atoms with Crippen LogP contribution in [-0.2, 0) is 6.54 Å². The number of aromatic nitrogens is 4. The van der Waals surface area contributed by atoms with Crippen LogP contribution in [-0.4, -0.2) is 33.0 Å². The highest BCUT2D eigenvalue weighted by Gasteiger charge is 2.12. The fraction of sp³-hybridized carbons (Fsp3) is 0.111. The molecule has 0 fully saturated rings. The Balaban J connectivity index is 1.58. The summed E-state index contributed by atoms with van der Waals surface area (Å²) in [4.78, 5) is 27.4. The second kappa shape index (κ2) is 7.08. The number of hydrogen-bond donors (Lipinski definition) is 2. The Labute approximate surface area is 158 Å². The highest BCUT2D eigenvalue weighted by molar-refractivity contribution is 6.34. The topological polar surface area (TPSA) is 106 Å². The molecule has 0 aliphatic carbocycles. The van der Waals surface area contributed by atoms with E-state index in [4.69, 9.17) is 20.8 Å². The summed E-state index contributed by atoms with van der Waals surface area (Å²) >= 11 is 6.41. The number of fused-ring (bicyclic) bond motifs is 1. The first-order valence-electron chi connectivity index (χ1n) is 7.98. The summed E-state index contributed by atoms with van der Waals surface area (Å²) in [6.07, 6.45) is 5.72. The Bertz CT molecular complexity index is 1090. The Morgan fingerprint density at radius 2 is 2.15 bits per heavy atom. The molecule has 9 heteroatoms. The molecule has 2 N–H and O–H groups in total. The molecule has 4 aromatic rings. The maximum atomic E-state index is 11.9. The Hall–Kier alpha value is -3.39. The molecule has 0 saturated carbocycles. The zero-order valence-electron chi connectivity index (χ0n) is 14.2. The number of aromatic amines is 1. The lowest BCUT2D eigenvalue weighted by molar-refractivity contribution is 0.0922. The molecular formula is C18H14ClN5O3. The minimum Gasteiger partial charge on any atom is -0.480 e. The van der Waals surface area contributed by atoms with Gasteiger partial charge in [-0.25, -0.2) is 15.0 Å². The van der Waals surface area contributed by atoms with Gasteiger partial charge in [0.1, 0.15) is 0 Å². The number of amides is 1. The number of nitrogens with one attached hydrogen (secondary N) is 2. The normalized spacial score (nSPS) is 10.9. The van der Waals surface area contributed by atoms with Gasteiger partial charge in [-0.3, -0.25) is 4.79 Å². The predicted molar refractivity (Wildman–Crippen MR) is 98.6 cm³/mol. The van der Waals surface area contributed by atoms with Gasteiger partial charge in [0.2, 0.25) is 11.6 Å². The van der Waals surface area contributed by atoms with Gasteiger partial charge in [0.15, 0.2) is 6.39 Å². The molecule has 136 valence electrons. The molecular weight excluding hydrogens is 370 g/mol. The van der Waals surface area contributed by atoms with E-state index in [1.165, 1.54) is 25.9 Å². The van der Waals surface area contributed by atoms with E-state index in [9.17, 15) is 4.79 Å². The van der Waals surface area contributed by atoms with Gasteiger partial charge >= 0.3 is 0 Å². The van der Waals surface area contributed by atoms with Crippen LogP contribution in [0.1, 0.15) is 16.2 Å². The number of ether oxygens (including phenoxy) is 1. The smallest absolute Gasteiger partial charge is 0.289 e. The Kier molecular flexibility index (Phi) is 4.47. The third-order valence-electron chi connectivity index (χ3n) is 3.97. The average molecular weight is 384 g/mol. The molecule has 1 amide bonds. The lowest BCUT2D eigenvalue weighted by Gasteiger charge is -2.05. The van der Waals surface area contributed by atoms with E-state index < -0.39 is 0 Å². The highest BCUT2D eigenvalue weighted by atomic mass is 35.5. The largest absolute Gasteiger partial charge is 0.480 e. The van der Waals surface area contributed by atoms with Crippen molar-refractivity contribution in [3.05, 3.63) is 59.7 Å². The molecule has 0 bridgehead atoms. The number of carbonyl (C=O) groups excluding carboxylic acids is 1. The highest BCUT2D eigenvalue weighted by Crippen LogP contribution is 2.31. The van der Waals surface area contributed by atoms with E-state index in [0.717, 1.165) is 22.2 Å². The minimum atomic E-state index is -0.335. The molecule has 3 aromatic heterocycles. The third-order valence-corrected chi connectivity index (χ3v) is 4.29. The number of methoxy groups -OCH3 is 1. The lowest BCUT2D eigenvalue weighted by Crippen LogP contribution is -2.22. The van der Waals surface area contributed by atoms with Gasteiger partial charge in [-0.2, -0.15) is 0 Å². The molecule has 3 heterocycles. The summed E-state index contributed by atoms with van der Waals surface area (Å²) in [5, 5.41) is 4.24. The van der Waals surface area contributed by atoms with Gasteiger partial charge in [0.25, 0.3) is 5.91 Å². The zero-order chi connectivity index (χ0) is 18.8. The average Bonchev–Trinajstić information content (AvgIpc) is 3.35. The first-order valence-corrected chi connectivity index (χ1v) is 8.36. The minimum absolute atomic E-state index is 0.162. The van der Waals surface area contributed by atoms with Crippen molar-refractivity contribution in [2.45, 2.75) is 6.54 Å². The first kappa shape index (κ1) is 17.0. The summed E-state index contributed by atoms with van der Waals surface area (Å²) in [6, 6.07) is 5.66. The van der Waals surface area contributed by atoms with Crippen molar-refractivity contribution in [1.29, 1.82) is 0 Å². The fourth-order valence-corrected chi connectivity index (χ4v) is 2.92. The maximum Gasteiger partial charge on any atom is 0.289 e. The number of nitrogens with zero attached hydrogens (tertiary/aromatic N) is 3. The molecule has 0 aliphatic heterocycles. The van der Waals surface area contributed by atoms with E-state index in [0.29, 0.717) is 23.1 Å². The quantitative estimate of drug-likeness (QED) is 0.548. The van der Waals surface area contributed by atoms with Crippen molar-refractivity contribution in [2.24, 2.45) is 0 Å². The number of rotatable bonds is 5. The first-order chi connectivity index (χ1) is 13.1. The van der Waals surface area contributed by atoms with Crippen LogP contribution in [0.3, 0.4) is 0 Å². The number of hydrogen-bond acceptors (Lipinski definition) is 6. The van der Waals surface area contributed by atoms with Crippen LogP contribution in [0.15, 0.2) is 47.6 Å². The molecule has 27 heavy (non-hydrogen) atoms. The van der Waals surface area contributed by atoms with Gasteiger partial charge in [-0.05, 0) is 18.2 Å². The SMILES string of the molecule is COc1cnc(-c2cc3[nH]c(CNC(=O)c4cnco4)cc3cc2Cl)cn1. The van der Waals surface area contributed by atoms with Gasteiger partial charge in [0, 0.05) is 22.2 Å². The summed E-state index contributed by atoms with van der Waals surface area (Å²) < 4.78 is 9.99. The summed E-state index contributed by atoms with van der Waals surface area (Å²) in [6.45, 7) is 0.309. The van der Waals surface area contributed by atoms with E-state index in [-0.39, 0.29) is 11.7 Å². The molecule has 0 atom stereocenters. The Morgan fingerprint density at radius 3 is 2.85 bits per heavy atom. The van der Waals surface area contributed by atoms with Gasteiger partial charge in [-0.1, -0.05) is 11.6 Å². The van der Waals surface area contributed by atoms with E-state index in [1.54, 1.807) is 6.20 Å². The summed E-state index contributed by atoms with van der Waals surface area (Å²) in [5.41, 5.74) is 3.08. The van der Waals surface area contributed by atoms with E-state index >= 15 is 0 Å². The standard InChI is InChI=1S/C18H14ClN5O3/c1-26-17-8-21-15(6-22-17)12-4-14-10(3-13(12)19)2-11(24-14)5-23-18(25)16-7-20-9-27-16/h2-4,6-9,24H,5H2,1H3,(H,23,25). The second-order valence-electron chi connectivity index (χ2n) is 5.71. The number of benzene rings is 1. The van der Waals surface area contributed by atoms with Gasteiger partial charge in [-0.15, -0.1) is 0 Å². The molecule has 0 radical (unpaired) electrons. The van der Waals surface area contributed by atoms with Crippen LogP contribution < -0.4 is 10.1 Å². The molecule has 0 spiro atoms. The van der Waals surface area contributed by atoms with Crippen molar-refractivity contribution >= 4 is 28.4 Å². The lowest BCUT2D eigenvalue weighted by atomic mass is 10.1. The molecule has 1 aromatic carbocycles. The van der Waals surface area contributed by atoms with Crippen molar-refractivity contribution in [2.75, 3.05) is 7.11 Å². The van der Waals surface area contributed by atoms with Crippen molar-refractivity contribution in [3.63, 3.8) is 0 Å². The second-order valence-corrected chi connectivity index (χ2v) is 6.11. The van der Waals surface area contributed by atoms with Crippen molar-refractivity contribution in [3.8, 4) is 17.1 Å². The maximum absolute atomic E-state index is 11.9. The number of oxazole rings is 1. The number of H-pyrrole nitrogens is 1. The van der Waals surface area contributed by atoms with Crippen molar-refractivity contribution < 1.29 is 13.9 Å². The summed E-state index contributed by atoms with van der Waals surface area (Å²) in [7, 11) is 1.53. The number of halogens is 1. The van der Waals surface area contributed by atoms with Crippen LogP contribution in [0.2, 0.25) is 5.02 Å². The van der Waals surface area contributed by atoms with Crippen LogP contribution in [0.25, 0.3) is 22.2 Å². The molecule has 0 aliphatic rings. The van der Waals surface area contributed by atoms with Gasteiger partial charge in [0.05, 0.1) is 43.0 Å². The van der Waals surface area contributed by atoms with Crippen LogP contribution in [0.5, 0.6) is 5.88 Å². The monoisotopic (exact) mass is 383 g/mol. The molecule has 8 nitrogen and oxygen atoms in total. The van der Waals surface area contributed by atoms with Crippen molar-refractivity contribution in [1.82, 2.24) is 25.3 Å². The van der Waals surface area contributed by atoms with Crippen LogP contribution in [0.4, 0.5) is 0 Å².